The van der Waals surface area contributed by atoms with Gasteiger partial charge in [0.2, 0.25) is 6.29 Å². The van der Waals surface area contributed by atoms with Crippen LogP contribution in [0.2, 0.25) is 10.0 Å². The molecule has 0 amide bonds. The van der Waals surface area contributed by atoms with E-state index in [1.165, 1.54) is 41.9 Å². The number of ketones is 1. The van der Waals surface area contributed by atoms with E-state index >= 15 is 0 Å². The largest absolute Gasteiger partial charge is 0.505 e. The first kappa shape index (κ1) is 72.2. The molecule has 10 aliphatic heterocycles. The third-order valence-electron chi connectivity index (χ3n) is 19.1. The molecule has 35 heteroatoms. The Kier molecular flexibility index (Phi) is 21.4. The van der Waals surface area contributed by atoms with Crippen LogP contribution in [-0.4, -0.2) is 293 Å². The number of benzene rings is 1. The number of methoxy groups -OCH3 is 2. The Balaban J connectivity index is 0.724. The number of phenols is 2. The zero-order valence-electron chi connectivity index (χ0n) is 53.2. The molecule has 10 saturated heterocycles. The number of carbonyl (C=O) groups excluding carboxylic acids is 3. The van der Waals surface area contributed by atoms with E-state index in [-0.39, 0.29) is 43.2 Å². The van der Waals surface area contributed by atoms with Crippen LogP contribution < -0.4 is 0 Å². The molecule has 94 heavy (non-hydrogen) atoms. The molecule has 0 aromatic heterocycles. The Morgan fingerprint density at radius 3 is 1.95 bits per heavy atom. The summed E-state index contributed by atoms with van der Waals surface area (Å²) in [6.45, 7) is 11.5. The summed E-state index contributed by atoms with van der Waals surface area (Å²) < 4.78 is 129. The lowest BCUT2D eigenvalue weighted by atomic mass is 9.81. The van der Waals surface area contributed by atoms with Crippen LogP contribution in [0.3, 0.4) is 0 Å². The molecule has 11 rings (SSSR count). The lowest BCUT2D eigenvalue weighted by Gasteiger charge is -2.49. The van der Waals surface area contributed by atoms with Crippen molar-refractivity contribution in [3.8, 4) is 11.5 Å². The van der Waals surface area contributed by atoms with E-state index in [1.54, 1.807) is 34.6 Å². The van der Waals surface area contributed by atoms with Gasteiger partial charge in [0.25, 0.3) is 5.97 Å². The first-order valence-corrected chi connectivity index (χ1v) is 31.8. The predicted octanol–water partition coefficient (Wildman–Crippen LogP) is -0.933. The number of esters is 2. The number of ether oxygens (including phenoxy) is 21. The van der Waals surface area contributed by atoms with Gasteiger partial charge in [0.05, 0.1) is 73.8 Å². The van der Waals surface area contributed by atoms with Crippen LogP contribution in [0.4, 0.5) is 0 Å². The Labute approximate surface area is 548 Å². The van der Waals surface area contributed by atoms with Crippen LogP contribution in [0.15, 0.2) is 0 Å². The van der Waals surface area contributed by atoms with Crippen molar-refractivity contribution in [1.82, 2.24) is 0 Å². The minimum atomic E-state index is -2.15. The molecule has 10 aliphatic rings. The smallest absolute Gasteiger partial charge is 0.342 e. The van der Waals surface area contributed by atoms with Gasteiger partial charge in [-0.1, -0.05) is 37.0 Å². The molecule has 10 heterocycles. The third-order valence-corrected chi connectivity index (χ3v) is 19.9. The quantitative estimate of drug-likeness (QED) is 0.0851. The second-order valence-electron chi connectivity index (χ2n) is 25.8. The summed E-state index contributed by atoms with van der Waals surface area (Å²) >= 11 is 12.1. The normalized spacial score (nSPS) is 47.7. The summed E-state index contributed by atoms with van der Waals surface area (Å²) in [7, 11) is 2.52. The number of rotatable bonds is 17. The van der Waals surface area contributed by atoms with Crippen molar-refractivity contribution >= 4 is 40.9 Å². The summed E-state index contributed by atoms with van der Waals surface area (Å²) in [5.41, 5.74) is -3.85. The summed E-state index contributed by atoms with van der Waals surface area (Å²) in [5.74, 6) is -8.50. The average molecular weight is 1390 g/mol. The first-order chi connectivity index (χ1) is 44.4. The van der Waals surface area contributed by atoms with Gasteiger partial charge in [-0.05, 0) is 54.0 Å². The summed E-state index contributed by atoms with van der Waals surface area (Å²) in [6, 6.07) is 0. The maximum absolute atomic E-state index is 13.4. The molecular formula is C59H84Cl2O33. The number of hydrogen-bond donors (Lipinski definition) is 9. The molecular weight excluding hydrogens is 1310 g/mol. The van der Waals surface area contributed by atoms with Gasteiger partial charge < -0.3 is 145 Å². The monoisotopic (exact) mass is 1390 g/mol. The van der Waals surface area contributed by atoms with Crippen molar-refractivity contribution < 1.29 is 160 Å². The second kappa shape index (κ2) is 27.8. The van der Waals surface area contributed by atoms with Gasteiger partial charge in [0.1, 0.15) is 102 Å². The topological polar surface area (TPSA) is 427 Å². The van der Waals surface area contributed by atoms with Crippen LogP contribution in [0.1, 0.15) is 90.6 Å². The van der Waals surface area contributed by atoms with Crippen molar-refractivity contribution in [3.05, 3.63) is 21.2 Å². The molecule has 532 valence electrons. The van der Waals surface area contributed by atoms with Crippen LogP contribution in [0, 0.1) is 12.8 Å². The van der Waals surface area contributed by atoms with Gasteiger partial charge in [-0.3, -0.25) is 9.59 Å². The Hall–Kier alpha value is -3.03. The first-order valence-electron chi connectivity index (χ1n) is 31.1. The van der Waals surface area contributed by atoms with Crippen LogP contribution in [0.5, 0.6) is 11.5 Å². The van der Waals surface area contributed by atoms with E-state index in [2.05, 4.69) is 0 Å². The molecule has 0 aliphatic carbocycles. The number of hydrogen-bond acceptors (Lipinski definition) is 33. The van der Waals surface area contributed by atoms with Crippen LogP contribution >= 0.6 is 23.2 Å². The predicted molar refractivity (Wildman–Crippen MR) is 304 cm³/mol. The highest BCUT2D eigenvalue weighted by atomic mass is 35.5. The highest BCUT2D eigenvalue weighted by Crippen LogP contribution is 2.53. The van der Waals surface area contributed by atoms with E-state index in [0.717, 1.165) is 0 Å². The van der Waals surface area contributed by atoms with E-state index in [1.807, 2.05) is 0 Å². The molecule has 9 N–H and O–H groups in total. The number of halogens is 2. The van der Waals surface area contributed by atoms with Crippen LogP contribution in [0.25, 0.3) is 0 Å². The Morgan fingerprint density at radius 2 is 1.30 bits per heavy atom. The molecule has 1 aromatic carbocycles. The van der Waals surface area contributed by atoms with Gasteiger partial charge in [-0.15, -0.1) is 0 Å². The average Bonchev–Trinajstić information content (AvgIpc) is 1.54. The van der Waals surface area contributed by atoms with Crippen molar-refractivity contribution in [1.29, 1.82) is 0 Å². The molecule has 0 radical (unpaired) electrons. The maximum atomic E-state index is 13.4. The minimum Gasteiger partial charge on any atom is -0.505 e. The van der Waals surface area contributed by atoms with Gasteiger partial charge >= 0.3 is 17.9 Å². The highest BCUT2D eigenvalue weighted by Gasteiger charge is 2.73. The van der Waals surface area contributed by atoms with E-state index in [0.29, 0.717) is 0 Å². The Morgan fingerprint density at radius 1 is 0.638 bits per heavy atom. The minimum absolute atomic E-state index is 0.0172. The van der Waals surface area contributed by atoms with Gasteiger partial charge in [0.15, 0.2) is 66.4 Å². The number of Topliss-reactive ketones (excluding diaryl/α,β-unsaturated/α-hetero) is 1. The summed E-state index contributed by atoms with van der Waals surface area (Å²) in [6.07, 6.45) is -36.0. The molecule has 1 aromatic rings. The maximum Gasteiger partial charge on any atom is 0.342 e. The molecule has 0 saturated carbocycles. The van der Waals surface area contributed by atoms with Crippen molar-refractivity contribution in [2.45, 2.75) is 270 Å². The van der Waals surface area contributed by atoms with E-state index < -0.39 is 248 Å². The second-order valence-corrected chi connectivity index (χ2v) is 26.5. The number of fused-ring (bicyclic) bond motifs is 4. The zero-order valence-corrected chi connectivity index (χ0v) is 54.7. The van der Waals surface area contributed by atoms with Crippen LogP contribution in [-0.2, 0) is 109 Å². The fraction of sp³-hybridized carbons (Fsp3) is 0.847. The molecule has 1 unspecified atom stereocenters. The molecule has 31 atom stereocenters. The molecule has 0 bridgehead atoms. The van der Waals surface area contributed by atoms with Gasteiger partial charge in [0, 0.05) is 27.1 Å². The molecule has 10 fully saturated rings. The molecule has 2 spiro atoms. The number of aliphatic hydroxyl groups excluding tert-OH is 6. The highest BCUT2D eigenvalue weighted by molar-refractivity contribution is 6.39. The lowest BCUT2D eigenvalue weighted by Crippen LogP contribution is -2.72. The SMILES string of the molecule is CO[C@@H]1[C@H](O[C@H]2OC[C@@H]3O[C@]4(O[C@H]3[C@H]2OC(=O)C(C)C)O[C@H](C)[C@@](O)(C(C)=O)[C@@H]2OCO[C@H]24)O[C@H](CO)[C@@H](O[C@@H]2O[C@H](CO)[C@H](OC)[C@H](O[C@H]3C[C@@]4(C)OC5(C[C@@H](O)[C@H](O[C@H]6C[C@@H](O)[C@H](OC(=O)c7c(C)c(Cl)c(O)c(Cl)c7O)[C@@H](C)O6)[C@@H](C)O5)O[C@@H]4[C@@H](C)O3)[C@H]2O)[C@@H]1O. The fourth-order valence-electron chi connectivity index (χ4n) is 14.2. The van der Waals surface area contributed by atoms with Gasteiger partial charge in [-0.2, -0.15) is 0 Å². The Bertz CT molecular complexity index is 2840. The zero-order chi connectivity index (χ0) is 68.2. The summed E-state index contributed by atoms with van der Waals surface area (Å²) in [4.78, 5) is 39.5. The lowest BCUT2D eigenvalue weighted by molar-refractivity contribution is -0.428. The summed E-state index contributed by atoms with van der Waals surface area (Å²) in [5, 5.41) is 100. The van der Waals surface area contributed by atoms with Crippen molar-refractivity contribution in [2.24, 2.45) is 5.92 Å². The van der Waals surface area contributed by atoms with Gasteiger partial charge in [-0.25, -0.2) is 4.79 Å². The van der Waals surface area contributed by atoms with Crippen molar-refractivity contribution in [3.63, 3.8) is 0 Å². The number of aromatic hydroxyl groups is 2. The molecule has 33 nitrogen and oxygen atoms in total. The standard InChI is InChI=1S/C59H84Cl2O33/c1-19(2)51(71)86-47-44-30(91-59(92-44)50-49(77-18-78-50)58(73,24(7)64)25(8)90-59)17-76-54(47)88-55-46(75-11)38(69)42(28(15-62)82-55)87-53-39(70)45(43(74-10)29(16-63)81-53)84-32-14-56(9)48(23(6)80-32)93-57(94-56)13-27(66)41(22(5)89-57)83-31-12-26(65)40(21(4)79-31)85-52(72)33-20(3)34(60)37(68)35(61)36(33)67/h19,21-23,25-32,38-50,53-55,62-63,65-70,73H,12-18H2,1-11H3/t21-,22-,23-,25-,26-,27-,28-,29-,30+,31+,32+,38+,39-,40-,41-,42-,43+,44-,45-,46+,47-,48-,49-,50-,53+,54-,55+,56-,57?,58+,59-/m1/s1. The van der Waals surface area contributed by atoms with E-state index in [4.69, 9.17) is 123 Å². The van der Waals surface area contributed by atoms with E-state index in [9.17, 15) is 60.3 Å². The number of phenolic OH excluding ortho intramolecular Hbond substituents is 2. The van der Waals surface area contributed by atoms with Crippen molar-refractivity contribution in [2.75, 3.05) is 40.8 Å². The number of aliphatic hydroxyl groups is 7. The number of carbonyl (C=O) groups is 3. The third kappa shape index (κ3) is 12.9. The fourth-order valence-corrected chi connectivity index (χ4v) is 14.7.